The van der Waals surface area contributed by atoms with Gasteiger partial charge in [0.2, 0.25) is 5.91 Å². The highest BCUT2D eigenvalue weighted by atomic mass is 16.5. The van der Waals surface area contributed by atoms with Gasteiger partial charge in [-0.25, -0.2) is 0 Å². The molecule has 0 unspecified atom stereocenters. The van der Waals surface area contributed by atoms with E-state index in [2.05, 4.69) is 5.32 Å². The van der Waals surface area contributed by atoms with Gasteiger partial charge in [0, 0.05) is 19.6 Å². The number of rotatable bonds is 1. The van der Waals surface area contributed by atoms with Gasteiger partial charge in [-0.3, -0.25) is 4.79 Å². The second kappa shape index (κ2) is 4.47. The molecule has 0 aliphatic carbocycles. The summed E-state index contributed by atoms with van der Waals surface area (Å²) in [6.45, 7) is 6.44. The van der Waals surface area contributed by atoms with Crippen molar-refractivity contribution in [3.05, 3.63) is 0 Å². The van der Waals surface area contributed by atoms with Crippen LogP contribution >= 0.6 is 0 Å². The lowest BCUT2D eigenvalue weighted by molar-refractivity contribution is -0.169. The van der Waals surface area contributed by atoms with Crippen LogP contribution in [-0.4, -0.2) is 62.4 Å². The van der Waals surface area contributed by atoms with Crippen molar-refractivity contribution in [1.29, 1.82) is 0 Å². The predicted octanol–water partition coefficient (Wildman–Crippen LogP) is -0.776. The third-order valence-corrected chi connectivity index (χ3v) is 2.95. The molecule has 15 heavy (non-hydrogen) atoms. The van der Waals surface area contributed by atoms with E-state index >= 15 is 0 Å². The number of hydrogen-bond acceptors (Lipinski definition) is 4. The van der Waals surface area contributed by atoms with Gasteiger partial charge < -0.3 is 19.7 Å². The summed E-state index contributed by atoms with van der Waals surface area (Å²) in [5.41, 5.74) is -0.333. The molecule has 1 spiro atoms. The molecule has 5 heteroatoms. The maximum absolute atomic E-state index is 11.5. The number of carbonyl (C=O) groups is 1. The smallest absolute Gasteiger partial charge is 0.248 e. The second-order valence-electron chi connectivity index (χ2n) is 4.11. The van der Waals surface area contributed by atoms with Crippen molar-refractivity contribution in [3.8, 4) is 0 Å². The number of nitrogens with one attached hydrogen (secondary N) is 1. The van der Waals surface area contributed by atoms with Crippen LogP contribution in [0.3, 0.4) is 0 Å². The summed E-state index contributed by atoms with van der Waals surface area (Å²) in [6, 6.07) is 0. The Labute approximate surface area is 89.7 Å². The molecular weight excluding hydrogens is 196 g/mol. The van der Waals surface area contributed by atoms with Gasteiger partial charge in [-0.2, -0.15) is 0 Å². The van der Waals surface area contributed by atoms with Gasteiger partial charge >= 0.3 is 0 Å². The molecular formula is C10H18N2O3. The molecule has 0 aromatic heterocycles. The largest absolute Gasteiger partial charge is 0.377 e. The molecule has 2 rings (SSSR count). The van der Waals surface area contributed by atoms with E-state index in [1.54, 1.807) is 0 Å². The van der Waals surface area contributed by atoms with Crippen LogP contribution in [0.15, 0.2) is 0 Å². The minimum Gasteiger partial charge on any atom is -0.377 e. The van der Waals surface area contributed by atoms with Gasteiger partial charge in [-0.1, -0.05) is 0 Å². The standard InChI is InChI=1S/C10H18N2O3/c1-2-12-7-10(15-5-9(12)13)6-11-3-4-14-8-10/h11H,2-8H2,1H3/t10-/m0/s1. The van der Waals surface area contributed by atoms with Crippen LogP contribution < -0.4 is 5.32 Å². The van der Waals surface area contributed by atoms with E-state index in [4.69, 9.17) is 9.47 Å². The van der Waals surface area contributed by atoms with E-state index in [0.29, 0.717) is 19.8 Å². The Hall–Kier alpha value is -0.650. The van der Waals surface area contributed by atoms with E-state index in [-0.39, 0.29) is 18.1 Å². The number of nitrogens with zero attached hydrogens (tertiary/aromatic N) is 1. The minimum atomic E-state index is -0.333. The van der Waals surface area contributed by atoms with Crippen LogP contribution in [0.4, 0.5) is 0 Å². The topological polar surface area (TPSA) is 50.8 Å². The summed E-state index contributed by atoms with van der Waals surface area (Å²) in [5, 5.41) is 3.28. The maximum Gasteiger partial charge on any atom is 0.248 e. The van der Waals surface area contributed by atoms with Gasteiger partial charge in [-0.05, 0) is 6.92 Å². The van der Waals surface area contributed by atoms with E-state index in [1.165, 1.54) is 0 Å². The fraction of sp³-hybridized carbons (Fsp3) is 0.900. The number of hydrogen-bond donors (Lipinski definition) is 1. The number of amides is 1. The molecule has 2 aliphatic heterocycles. The van der Waals surface area contributed by atoms with Gasteiger partial charge in [0.15, 0.2) is 0 Å². The Bertz CT molecular complexity index is 237. The molecule has 0 saturated carbocycles. The van der Waals surface area contributed by atoms with Gasteiger partial charge in [0.25, 0.3) is 0 Å². The third-order valence-electron chi connectivity index (χ3n) is 2.95. The molecule has 1 N–H and O–H groups in total. The molecule has 2 fully saturated rings. The van der Waals surface area contributed by atoms with E-state index in [1.807, 2.05) is 11.8 Å². The van der Waals surface area contributed by atoms with Crippen LogP contribution in [0.5, 0.6) is 0 Å². The lowest BCUT2D eigenvalue weighted by Gasteiger charge is -2.41. The van der Waals surface area contributed by atoms with Crippen molar-refractivity contribution >= 4 is 5.91 Å². The summed E-state index contributed by atoms with van der Waals surface area (Å²) in [6.07, 6.45) is 0. The zero-order valence-corrected chi connectivity index (χ0v) is 9.12. The highest BCUT2D eigenvalue weighted by Crippen LogP contribution is 2.19. The molecule has 0 aromatic carbocycles. The average Bonchev–Trinajstić information content (AvgIpc) is 2.48. The molecule has 2 saturated heterocycles. The van der Waals surface area contributed by atoms with Crippen LogP contribution in [0.25, 0.3) is 0 Å². The molecule has 1 atom stereocenters. The van der Waals surface area contributed by atoms with Crippen molar-refractivity contribution in [3.63, 3.8) is 0 Å². The molecule has 0 bridgehead atoms. The van der Waals surface area contributed by atoms with Crippen LogP contribution in [0.1, 0.15) is 6.92 Å². The van der Waals surface area contributed by atoms with Gasteiger partial charge in [0.05, 0.1) is 19.8 Å². The Kier molecular flexibility index (Phi) is 3.23. The molecule has 2 aliphatic rings. The Morgan fingerprint density at radius 3 is 3.27 bits per heavy atom. The average molecular weight is 214 g/mol. The Balaban J connectivity index is 2.04. The molecule has 86 valence electrons. The van der Waals surface area contributed by atoms with Crippen LogP contribution in [0.2, 0.25) is 0 Å². The zero-order chi connectivity index (χ0) is 10.7. The van der Waals surface area contributed by atoms with E-state index in [0.717, 1.165) is 19.6 Å². The second-order valence-corrected chi connectivity index (χ2v) is 4.11. The minimum absolute atomic E-state index is 0.0763. The molecule has 0 aromatic rings. The fourth-order valence-corrected chi connectivity index (χ4v) is 2.04. The normalized spacial score (nSPS) is 33.1. The first-order chi connectivity index (χ1) is 7.26. The highest BCUT2D eigenvalue weighted by Gasteiger charge is 2.40. The first-order valence-corrected chi connectivity index (χ1v) is 5.46. The van der Waals surface area contributed by atoms with E-state index in [9.17, 15) is 4.79 Å². The monoisotopic (exact) mass is 214 g/mol. The van der Waals surface area contributed by atoms with Crippen molar-refractivity contribution < 1.29 is 14.3 Å². The Morgan fingerprint density at radius 2 is 2.47 bits per heavy atom. The summed E-state index contributed by atoms with van der Waals surface area (Å²) >= 11 is 0. The maximum atomic E-state index is 11.5. The number of ether oxygens (including phenoxy) is 2. The molecule has 2 heterocycles. The van der Waals surface area contributed by atoms with Crippen molar-refractivity contribution in [2.75, 3.05) is 46.0 Å². The van der Waals surface area contributed by atoms with Crippen LogP contribution in [-0.2, 0) is 14.3 Å². The SMILES string of the molecule is CCN1C[C@]2(CNCCOC2)OCC1=O. The first kappa shape index (κ1) is 10.9. The summed E-state index contributed by atoms with van der Waals surface area (Å²) < 4.78 is 11.1. The van der Waals surface area contributed by atoms with Crippen molar-refractivity contribution in [1.82, 2.24) is 10.2 Å². The third kappa shape index (κ3) is 2.30. The molecule has 1 amide bonds. The van der Waals surface area contributed by atoms with Gasteiger partial charge in [-0.15, -0.1) is 0 Å². The van der Waals surface area contributed by atoms with Gasteiger partial charge in [0.1, 0.15) is 12.2 Å². The molecule has 5 nitrogen and oxygen atoms in total. The zero-order valence-electron chi connectivity index (χ0n) is 9.12. The number of morpholine rings is 1. The highest BCUT2D eigenvalue weighted by molar-refractivity contribution is 5.78. The molecule has 0 radical (unpaired) electrons. The number of carbonyl (C=O) groups excluding carboxylic acids is 1. The predicted molar refractivity (Wildman–Crippen MR) is 54.6 cm³/mol. The van der Waals surface area contributed by atoms with E-state index < -0.39 is 0 Å². The van der Waals surface area contributed by atoms with Crippen molar-refractivity contribution in [2.24, 2.45) is 0 Å². The first-order valence-electron chi connectivity index (χ1n) is 5.46. The number of likely N-dealkylation sites (N-methyl/N-ethyl adjacent to an activating group) is 1. The Morgan fingerprint density at radius 1 is 1.60 bits per heavy atom. The summed E-state index contributed by atoms with van der Waals surface area (Å²) in [4.78, 5) is 13.3. The lowest BCUT2D eigenvalue weighted by atomic mass is 10.0. The van der Waals surface area contributed by atoms with Crippen LogP contribution in [0, 0.1) is 0 Å². The fourth-order valence-electron chi connectivity index (χ4n) is 2.04. The lowest BCUT2D eigenvalue weighted by Crippen LogP contribution is -2.60. The summed E-state index contributed by atoms with van der Waals surface area (Å²) in [7, 11) is 0. The quantitative estimate of drug-likeness (QED) is 0.622. The van der Waals surface area contributed by atoms with Crippen molar-refractivity contribution in [2.45, 2.75) is 12.5 Å². The summed E-state index contributed by atoms with van der Waals surface area (Å²) in [5.74, 6) is 0.0763.